The Morgan fingerprint density at radius 3 is 2.67 bits per heavy atom. The van der Waals surface area contributed by atoms with Gasteiger partial charge in [0, 0.05) is 13.1 Å². The Bertz CT molecular complexity index is 507. The van der Waals surface area contributed by atoms with Crippen LogP contribution in [-0.2, 0) is 16.1 Å². The molecular weight excluding hydrogens is 270 g/mol. The summed E-state index contributed by atoms with van der Waals surface area (Å²) >= 11 is 0. The lowest BCUT2D eigenvalue weighted by Crippen LogP contribution is -2.36. The summed E-state index contributed by atoms with van der Waals surface area (Å²) in [6, 6.07) is 5.75. The molecule has 0 fully saturated rings. The van der Waals surface area contributed by atoms with E-state index in [0.717, 1.165) is 17.1 Å². The monoisotopic (exact) mass is 293 g/mol. The first-order valence-electron chi connectivity index (χ1n) is 7.19. The van der Waals surface area contributed by atoms with Gasteiger partial charge >= 0.3 is 0 Å². The largest absolute Gasteiger partial charge is 0.454 e. The van der Waals surface area contributed by atoms with Crippen LogP contribution >= 0.6 is 0 Å². The van der Waals surface area contributed by atoms with Crippen LogP contribution in [0.15, 0.2) is 18.2 Å². The number of carbonyl (C=O) groups excluding carboxylic acids is 1. The lowest BCUT2D eigenvalue weighted by Gasteiger charge is -2.24. The number of hydrogen-bond acceptors (Lipinski definition) is 4. The van der Waals surface area contributed by atoms with Crippen molar-refractivity contribution in [1.29, 1.82) is 0 Å². The fraction of sp³-hybridized carbons (Fsp3) is 0.562. The molecule has 0 atom stereocenters. The van der Waals surface area contributed by atoms with Crippen LogP contribution in [0, 0.1) is 0 Å². The van der Waals surface area contributed by atoms with Crippen LogP contribution in [-0.4, -0.2) is 36.4 Å². The molecule has 0 saturated heterocycles. The molecule has 1 heterocycles. The molecule has 0 radical (unpaired) electrons. The molecule has 1 aliphatic heterocycles. The van der Waals surface area contributed by atoms with Crippen molar-refractivity contribution in [2.45, 2.75) is 39.8 Å². The number of fused-ring (bicyclic) bond motifs is 1. The molecule has 21 heavy (non-hydrogen) atoms. The van der Waals surface area contributed by atoms with E-state index in [4.69, 9.17) is 14.2 Å². The van der Waals surface area contributed by atoms with Gasteiger partial charge in [0.05, 0.1) is 5.60 Å². The maximum absolute atomic E-state index is 12.2. The first-order valence-corrected chi connectivity index (χ1v) is 7.19. The van der Waals surface area contributed by atoms with Crippen LogP contribution in [0.2, 0.25) is 0 Å². The van der Waals surface area contributed by atoms with Crippen molar-refractivity contribution in [3.63, 3.8) is 0 Å². The van der Waals surface area contributed by atoms with E-state index < -0.39 is 0 Å². The van der Waals surface area contributed by atoms with Crippen LogP contribution in [0.5, 0.6) is 11.5 Å². The predicted molar refractivity (Wildman–Crippen MR) is 79.4 cm³/mol. The fourth-order valence-electron chi connectivity index (χ4n) is 2.01. The molecule has 2 rings (SSSR count). The summed E-state index contributed by atoms with van der Waals surface area (Å²) in [6.45, 7) is 9.32. The minimum Gasteiger partial charge on any atom is -0.454 e. The molecule has 5 nitrogen and oxygen atoms in total. The molecule has 1 aliphatic rings. The highest BCUT2D eigenvalue weighted by atomic mass is 16.7. The molecule has 0 unspecified atom stereocenters. The van der Waals surface area contributed by atoms with E-state index in [2.05, 4.69) is 0 Å². The van der Waals surface area contributed by atoms with Gasteiger partial charge in [-0.05, 0) is 45.4 Å². The van der Waals surface area contributed by atoms with E-state index in [1.54, 1.807) is 4.90 Å². The Labute approximate surface area is 125 Å². The molecule has 5 heteroatoms. The number of rotatable bonds is 5. The Kier molecular flexibility index (Phi) is 4.73. The average molecular weight is 293 g/mol. The van der Waals surface area contributed by atoms with Gasteiger partial charge in [0.25, 0.3) is 0 Å². The van der Waals surface area contributed by atoms with Crippen molar-refractivity contribution >= 4 is 5.91 Å². The van der Waals surface area contributed by atoms with Gasteiger partial charge in [0.2, 0.25) is 12.7 Å². The van der Waals surface area contributed by atoms with Crippen LogP contribution in [0.25, 0.3) is 0 Å². The van der Waals surface area contributed by atoms with E-state index >= 15 is 0 Å². The van der Waals surface area contributed by atoms with Crippen molar-refractivity contribution in [2.75, 3.05) is 19.9 Å². The Morgan fingerprint density at radius 2 is 2.00 bits per heavy atom. The van der Waals surface area contributed by atoms with Crippen LogP contribution in [0.4, 0.5) is 0 Å². The third-order valence-corrected chi connectivity index (χ3v) is 3.17. The SMILES string of the molecule is CCN(Cc1ccc2c(c1)OCO2)C(=O)COC(C)(C)C. The van der Waals surface area contributed by atoms with Crippen LogP contribution in [0.3, 0.4) is 0 Å². The topological polar surface area (TPSA) is 48.0 Å². The van der Waals surface area contributed by atoms with Gasteiger partial charge in [-0.3, -0.25) is 4.79 Å². The van der Waals surface area contributed by atoms with Crippen LogP contribution in [0.1, 0.15) is 33.3 Å². The summed E-state index contributed by atoms with van der Waals surface area (Å²) in [4.78, 5) is 14.0. The second-order valence-corrected chi connectivity index (χ2v) is 6.00. The Hall–Kier alpha value is -1.75. The van der Waals surface area contributed by atoms with Crippen molar-refractivity contribution in [1.82, 2.24) is 4.90 Å². The molecule has 0 bridgehead atoms. The zero-order valence-electron chi connectivity index (χ0n) is 13.1. The highest BCUT2D eigenvalue weighted by molar-refractivity contribution is 5.77. The van der Waals surface area contributed by atoms with Gasteiger partial charge in [-0.2, -0.15) is 0 Å². The Morgan fingerprint density at radius 1 is 1.29 bits per heavy atom. The van der Waals surface area contributed by atoms with E-state index in [1.807, 2.05) is 45.9 Å². The summed E-state index contributed by atoms with van der Waals surface area (Å²) < 4.78 is 16.2. The zero-order valence-corrected chi connectivity index (χ0v) is 13.1. The van der Waals surface area contributed by atoms with Gasteiger partial charge in [-0.15, -0.1) is 0 Å². The van der Waals surface area contributed by atoms with Gasteiger partial charge in [-0.25, -0.2) is 0 Å². The molecule has 1 amide bonds. The number of hydrogen-bond donors (Lipinski definition) is 0. The molecule has 0 aromatic heterocycles. The number of carbonyl (C=O) groups is 1. The van der Waals surface area contributed by atoms with Crippen molar-refractivity contribution in [3.8, 4) is 11.5 Å². The van der Waals surface area contributed by atoms with Gasteiger partial charge < -0.3 is 19.1 Å². The molecule has 0 spiro atoms. The second kappa shape index (κ2) is 6.35. The lowest BCUT2D eigenvalue weighted by atomic mass is 10.2. The third kappa shape index (κ3) is 4.36. The first kappa shape index (κ1) is 15.6. The summed E-state index contributed by atoms with van der Waals surface area (Å²) in [5.41, 5.74) is 0.707. The molecule has 116 valence electrons. The second-order valence-electron chi connectivity index (χ2n) is 6.00. The molecule has 1 aromatic rings. The molecule has 0 aliphatic carbocycles. The predicted octanol–water partition coefficient (Wildman–Crippen LogP) is 2.58. The molecule has 1 aromatic carbocycles. The maximum atomic E-state index is 12.2. The molecule has 0 N–H and O–H groups in total. The number of ether oxygens (including phenoxy) is 3. The maximum Gasteiger partial charge on any atom is 0.248 e. The van der Waals surface area contributed by atoms with E-state index in [0.29, 0.717) is 13.1 Å². The first-order chi connectivity index (χ1) is 9.89. The fourth-order valence-corrected chi connectivity index (χ4v) is 2.01. The Balaban J connectivity index is 1.97. The quantitative estimate of drug-likeness (QED) is 0.837. The lowest BCUT2D eigenvalue weighted by molar-refractivity contribution is -0.141. The minimum atomic E-state index is -0.312. The van der Waals surface area contributed by atoms with Crippen molar-refractivity contribution < 1.29 is 19.0 Å². The zero-order chi connectivity index (χ0) is 15.5. The summed E-state index contributed by atoms with van der Waals surface area (Å²) in [7, 11) is 0. The van der Waals surface area contributed by atoms with Gasteiger partial charge in [0.15, 0.2) is 11.5 Å². The standard InChI is InChI=1S/C16H23NO4/c1-5-17(15(18)10-21-16(2,3)4)9-12-6-7-13-14(8-12)20-11-19-13/h6-8H,5,9-11H2,1-4H3. The molecule has 0 saturated carbocycles. The summed E-state index contributed by atoms with van der Waals surface area (Å²) in [5.74, 6) is 1.48. The van der Waals surface area contributed by atoms with Crippen molar-refractivity contribution in [2.24, 2.45) is 0 Å². The van der Waals surface area contributed by atoms with E-state index in [1.165, 1.54) is 0 Å². The van der Waals surface area contributed by atoms with E-state index in [-0.39, 0.29) is 24.9 Å². The van der Waals surface area contributed by atoms with Crippen molar-refractivity contribution in [3.05, 3.63) is 23.8 Å². The third-order valence-electron chi connectivity index (χ3n) is 3.17. The van der Waals surface area contributed by atoms with E-state index in [9.17, 15) is 4.79 Å². The summed E-state index contributed by atoms with van der Waals surface area (Å²) in [6.07, 6.45) is 0. The number of amides is 1. The normalized spacial score (nSPS) is 13.3. The highest BCUT2D eigenvalue weighted by Crippen LogP contribution is 2.32. The smallest absolute Gasteiger partial charge is 0.248 e. The average Bonchev–Trinajstić information content (AvgIpc) is 2.88. The van der Waals surface area contributed by atoms with Crippen LogP contribution < -0.4 is 9.47 Å². The number of nitrogens with zero attached hydrogens (tertiary/aromatic N) is 1. The van der Waals surface area contributed by atoms with Gasteiger partial charge in [0.1, 0.15) is 6.61 Å². The molecular formula is C16H23NO4. The number of benzene rings is 1. The number of likely N-dealkylation sites (N-methyl/N-ethyl adjacent to an activating group) is 1. The highest BCUT2D eigenvalue weighted by Gasteiger charge is 2.19. The van der Waals surface area contributed by atoms with Gasteiger partial charge in [-0.1, -0.05) is 6.07 Å². The minimum absolute atomic E-state index is 0.00917. The summed E-state index contributed by atoms with van der Waals surface area (Å²) in [5, 5.41) is 0.